The van der Waals surface area contributed by atoms with Crippen LogP contribution in [0.5, 0.6) is 0 Å². The molecule has 0 spiro atoms. The quantitative estimate of drug-likeness (QED) is 0.571. The first-order valence-corrected chi connectivity index (χ1v) is 5.28. The summed E-state index contributed by atoms with van der Waals surface area (Å²) in [5.41, 5.74) is 0. The fourth-order valence-electron chi connectivity index (χ4n) is 2.26. The average molecular weight is 169 g/mol. The second-order valence-electron chi connectivity index (χ2n) is 4.20. The van der Waals surface area contributed by atoms with E-state index >= 15 is 0 Å². The van der Waals surface area contributed by atoms with E-state index in [4.69, 9.17) is 0 Å². The second kappa shape index (κ2) is 5.63. The number of rotatable bonds is 5. The number of hydrogen-bond acceptors (Lipinski definition) is 1. The van der Waals surface area contributed by atoms with E-state index in [1.165, 1.54) is 13.1 Å². The Hall–Kier alpha value is 0.0249. The normalized spacial score (nSPS) is 11.8. The van der Waals surface area contributed by atoms with E-state index in [1.807, 2.05) is 0 Å². The molecule has 0 N–H and O–H groups in total. The molecule has 0 fully saturated rings. The highest BCUT2D eigenvalue weighted by molar-refractivity contribution is 6.58. The molecule has 0 aromatic rings. The standard InChI is InChI=1S/C10H24BN/c1-7-12(8-2)11(9(3)4)10(5)6/h9-10H,7-8H2,1-6H3. The molecule has 72 valence electrons. The van der Waals surface area contributed by atoms with Crippen molar-refractivity contribution >= 4 is 6.85 Å². The fourth-order valence-corrected chi connectivity index (χ4v) is 2.26. The van der Waals surface area contributed by atoms with Crippen LogP contribution in [-0.2, 0) is 0 Å². The lowest BCUT2D eigenvalue weighted by atomic mass is 9.43. The predicted octanol–water partition coefficient (Wildman–Crippen LogP) is 3.14. The van der Waals surface area contributed by atoms with Gasteiger partial charge in [-0.15, -0.1) is 0 Å². The van der Waals surface area contributed by atoms with E-state index in [0.29, 0.717) is 0 Å². The Morgan fingerprint density at radius 3 is 1.33 bits per heavy atom. The summed E-state index contributed by atoms with van der Waals surface area (Å²) in [5, 5.41) is 0. The highest BCUT2D eigenvalue weighted by Crippen LogP contribution is 2.22. The zero-order chi connectivity index (χ0) is 9.72. The van der Waals surface area contributed by atoms with Crippen LogP contribution in [0.4, 0.5) is 0 Å². The first-order chi connectivity index (χ1) is 5.54. The fraction of sp³-hybridized carbons (Fsp3) is 1.00. The van der Waals surface area contributed by atoms with Crippen molar-refractivity contribution in [3.8, 4) is 0 Å². The first-order valence-electron chi connectivity index (χ1n) is 5.28. The van der Waals surface area contributed by atoms with Crippen molar-refractivity contribution in [1.82, 2.24) is 4.81 Å². The van der Waals surface area contributed by atoms with Gasteiger partial charge in [-0.3, -0.25) is 0 Å². The van der Waals surface area contributed by atoms with Crippen LogP contribution in [0.25, 0.3) is 0 Å². The molecule has 0 saturated carbocycles. The number of nitrogens with zero attached hydrogens (tertiary/aromatic N) is 1. The molecule has 0 aliphatic carbocycles. The zero-order valence-electron chi connectivity index (χ0n) is 9.59. The molecule has 0 bridgehead atoms. The maximum Gasteiger partial charge on any atom is 0.228 e. The van der Waals surface area contributed by atoms with Crippen LogP contribution in [-0.4, -0.2) is 24.7 Å². The molecule has 0 unspecified atom stereocenters. The van der Waals surface area contributed by atoms with E-state index in [1.54, 1.807) is 0 Å². The molecular formula is C10H24BN. The van der Waals surface area contributed by atoms with E-state index in [-0.39, 0.29) is 0 Å². The van der Waals surface area contributed by atoms with Crippen molar-refractivity contribution in [2.45, 2.75) is 53.2 Å². The van der Waals surface area contributed by atoms with Crippen molar-refractivity contribution in [3.63, 3.8) is 0 Å². The molecule has 1 nitrogen and oxygen atoms in total. The Morgan fingerprint density at radius 1 is 0.917 bits per heavy atom. The van der Waals surface area contributed by atoms with Gasteiger partial charge in [0.1, 0.15) is 0 Å². The molecule has 0 aliphatic heterocycles. The molecule has 0 aliphatic rings. The monoisotopic (exact) mass is 169 g/mol. The van der Waals surface area contributed by atoms with E-state index in [2.05, 4.69) is 46.4 Å². The molecular weight excluding hydrogens is 145 g/mol. The zero-order valence-corrected chi connectivity index (χ0v) is 9.59. The Morgan fingerprint density at radius 2 is 1.25 bits per heavy atom. The van der Waals surface area contributed by atoms with E-state index in [0.717, 1.165) is 18.5 Å². The lowest BCUT2D eigenvalue weighted by Gasteiger charge is -2.32. The van der Waals surface area contributed by atoms with Gasteiger partial charge in [-0.1, -0.05) is 53.2 Å². The van der Waals surface area contributed by atoms with Crippen LogP contribution in [0.3, 0.4) is 0 Å². The Balaban J connectivity index is 4.26. The third kappa shape index (κ3) is 3.18. The molecule has 0 rings (SSSR count). The topological polar surface area (TPSA) is 3.24 Å². The summed E-state index contributed by atoms with van der Waals surface area (Å²) in [6.45, 7) is 16.9. The predicted molar refractivity (Wildman–Crippen MR) is 58.9 cm³/mol. The average Bonchev–Trinajstić information content (AvgIpc) is 1.98. The van der Waals surface area contributed by atoms with Crippen molar-refractivity contribution in [2.75, 3.05) is 13.1 Å². The maximum atomic E-state index is 2.56. The van der Waals surface area contributed by atoms with Gasteiger partial charge < -0.3 is 4.81 Å². The molecule has 0 radical (unpaired) electrons. The van der Waals surface area contributed by atoms with Crippen molar-refractivity contribution in [3.05, 3.63) is 0 Å². The summed E-state index contributed by atoms with van der Waals surface area (Å²) in [7, 11) is 0. The van der Waals surface area contributed by atoms with Crippen LogP contribution in [0.15, 0.2) is 0 Å². The molecule has 0 aromatic carbocycles. The van der Waals surface area contributed by atoms with Gasteiger partial charge in [0, 0.05) is 0 Å². The Bertz CT molecular complexity index is 100. The lowest BCUT2D eigenvalue weighted by molar-refractivity contribution is 0.461. The van der Waals surface area contributed by atoms with Gasteiger partial charge in [0.2, 0.25) is 6.85 Å². The van der Waals surface area contributed by atoms with Gasteiger partial charge in [-0.25, -0.2) is 0 Å². The van der Waals surface area contributed by atoms with Crippen LogP contribution >= 0.6 is 0 Å². The molecule has 0 heterocycles. The molecule has 0 atom stereocenters. The highest BCUT2D eigenvalue weighted by atomic mass is 15.0. The lowest BCUT2D eigenvalue weighted by Crippen LogP contribution is -2.43. The minimum Gasteiger partial charge on any atom is -0.342 e. The molecule has 0 saturated heterocycles. The molecule has 0 aromatic heterocycles. The maximum absolute atomic E-state index is 2.56. The van der Waals surface area contributed by atoms with Gasteiger partial charge in [-0.2, -0.15) is 0 Å². The summed E-state index contributed by atoms with van der Waals surface area (Å²) in [6.07, 6.45) is 0. The third-order valence-electron chi connectivity index (χ3n) is 2.60. The molecule has 0 amide bonds. The van der Waals surface area contributed by atoms with Crippen LogP contribution in [0, 0.1) is 0 Å². The molecule has 12 heavy (non-hydrogen) atoms. The Kier molecular flexibility index (Phi) is 5.64. The van der Waals surface area contributed by atoms with Crippen LogP contribution < -0.4 is 0 Å². The van der Waals surface area contributed by atoms with Gasteiger partial charge >= 0.3 is 0 Å². The van der Waals surface area contributed by atoms with Crippen LogP contribution in [0.2, 0.25) is 11.6 Å². The van der Waals surface area contributed by atoms with Gasteiger partial charge in [0.05, 0.1) is 0 Å². The Labute approximate surface area is 78.6 Å². The largest absolute Gasteiger partial charge is 0.342 e. The van der Waals surface area contributed by atoms with Crippen LogP contribution in [0.1, 0.15) is 41.5 Å². The highest BCUT2D eigenvalue weighted by Gasteiger charge is 2.27. The summed E-state index contributed by atoms with van der Waals surface area (Å²) < 4.78 is 0. The smallest absolute Gasteiger partial charge is 0.228 e. The summed E-state index contributed by atoms with van der Waals surface area (Å²) in [6, 6.07) is 0. The minimum atomic E-state index is 0.750. The van der Waals surface area contributed by atoms with Gasteiger partial charge in [0.25, 0.3) is 0 Å². The summed E-state index contributed by atoms with van der Waals surface area (Å²) in [4.78, 5) is 2.56. The van der Waals surface area contributed by atoms with Gasteiger partial charge in [-0.05, 0) is 13.1 Å². The molecule has 2 heteroatoms. The van der Waals surface area contributed by atoms with E-state index < -0.39 is 0 Å². The first kappa shape index (κ1) is 12.0. The van der Waals surface area contributed by atoms with E-state index in [9.17, 15) is 0 Å². The van der Waals surface area contributed by atoms with Crippen molar-refractivity contribution in [1.29, 1.82) is 0 Å². The SMILES string of the molecule is CCN(CC)B(C(C)C)C(C)C. The summed E-state index contributed by atoms with van der Waals surface area (Å²) in [5.74, 6) is 1.54. The van der Waals surface area contributed by atoms with Gasteiger partial charge in [0.15, 0.2) is 0 Å². The number of hydrogen-bond donors (Lipinski definition) is 0. The van der Waals surface area contributed by atoms with Crippen molar-refractivity contribution in [2.24, 2.45) is 0 Å². The van der Waals surface area contributed by atoms with Crippen molar-refractivity contribution < 1.29 is 0 Å². The second-order valence-corrected chi connectivity index (χ2v) is 4.20. The summed E-state index contributed by atoms with van der Waals surface area (Å²) >= 11 is 0. The third-order valence-corrected chi connectivity index (χ3v) is 2.60. The minimum absolute atomic E-state index is 0.750.